The molecule has 9 rings (SSSR count). The number of esters is 3. The van der Waals surface area contributed by atoms with E-state index in [1.165, 1.54) is 6.92 Å². The highest BCUT2D eigenvalue weighted by Crippen LogP contribution is 2.76. The van der Waals surface area contributed by atoms with Crippen molar-refractivity contribution in [2.45, 2.75) is 268 Å². The van der Waals surface area contributed by atoms with Crippen molar-refractivity contribution < 1.29 is 143 Å². The van der Waals surface area contributed by atoms with Gasteiger partial charge in [-0.05, 0) is 85.9 Å². The number of allylic oxidation sites excluding steroid dienone is 1. The number of rotatable bonds is 16. The summed E-state index contributed by atoms with van der Waals surface area (Å²) in [5.74, 6) is -5.39. The molecular formula is C61H96O29. The zero-order chi connectivity index (χ0) is 66.7. The van der Waals surface area contributed by atoms with Crippen LogP contribution < -0.4 is 0 Å². The summed E-state index contributed by atoms with van der Waals surface area (Å²) in [5, 5.41) is 157. The summed E-state index contributed by atoms with van der Waals surface area (Å²) in [5.41, 5.74) is -7.31. The van der Waals surface area contributed by atoms with Crippen LogP contribution in [0.25, 0.3) is 0 Å². The van der Waals surface area contributed by atoms with Crippen LogP contribution in [0.4, 0.5) is 0 Å². The summed E-state index contributed by atoms with van der Waals surface area (Å²) in [4.78, 5) is 52.6. The lowest BCUT2D eigenvalue weighted by Gasteiger charge is -2.73. The number of carbonyl (C=O) groups is 4. The van der Waals surface area contributed by atoms with Crippen molar-refractivity contribution in [3.8, 4) is 0 Å². The van der Waals surface area contributed by atoms with Gasteiger partial charge in [0.15, 0.2) is 37.4 Å². The fourth-order valence-corrected chi connectivity index (χ4v) is 17.7. The number of aliphatic hydroxyl groups excluding tert-OH is 13. The van der Waals surface area contributed by atoms with E-state index in [1.807, 2.05) is 34.6 Å². The first-order chi connectivity index (χ1) is 41.9. The van der Waals surface area contributed by atoms with Gasteiger partial charge in [0.2, 0.25) is 5.60 Å². The van der Waals surface area contributed by atoms with Crippen molar-refractivity contribution >= 4 is 23.9 Å². The van der Waals surface area contributed by atoms with Crippen molar-refractivity contribution in [3.05, 3.63) is 11.6 Å². The maximum absolute atomic E-state index is 14.1. The molecule has 4 saturated carbocycles. The lowest BCUT2D eigenvalue weighted by Crippen LogP contribution is -2.76. The first-order valence-electron chi connectivity index (χ1n) is 31.3. The maximum atomic E-state index is 14.1. The van der Waals surface area contributed by atoms with Gasteiger partial charge in [0.25, 0.3) is 0 Å². The van der Waals surface area contributed by atoms with Crippen molar-refractivity contribution in [2.75, 3.05) is 26.4 Å². The fourth-order valence-electron chi connectivity index (χ4n) is 17.7. The van der Waals surface area contributed by atoms with Crippen LogP contribution in [-0.2, 0) is 71.3 Å². The highest BCUT2D eigenvalue weighted by molar-refractivity contribution is 5.82. The molecule has 14 N–H and O–H groups in total. The fraction of sp³-hybridized carbons (Fsp3) is 0.902. The molecular weight excluding hydrogens is 1200 g/mol. The van der Waals surface area contributed by atoms with Crippen LogP contribution in [0.3, 0.4) is 0 Å². The molecule has 90 heavy (non-hydrogen) atoms. The van der Waals surface area contributed by atoms with Crippen molar-refractivity contribution in [3.63, 3.8) is 0 Å². The van der Waals surface area contributed by atoms with Gasteiger partial charge in [0.05, 0.1) is 50.2 Å². The lowest BCUT2D eigenvalue weighted by atomic mass is 9.32. The van der Waals surface area contributed by atoms with Gasteiger partial charge in [0, 0.05) is 24.7 Å². The van der Waals surface area contributed by atoms with E-state index in [1.54, 1.807) is 6.92 Å². The first kappa shape index (κ1) is 71.1. The smallest absolute Gasteiger partial charge is 0.350 e. The Balaban J connectivity index is 1.03. The van der Waals surface area contributed by atoms with Gasteiger partial charge in [-0.3, -0.25) is 9.59 Å². The van der Waals surface area contributed by atoms with Crippen LogP contribution >= 0.6 is 0 Å². The second-order valence-electron chi connectivity index (χ2n) is 28.9. The van der Waals surface area contributed by atoms with E-state index in [9.17, 15) is 90.7 Å². The predicted octanol–water partition coefficient (Wildman–Crippen LogP) is -2.45. The number of ether oxygens (including phenoxy) is 11. The largest absolute Gasteiger partial charge is 0.479 e. The molecule has 31 atom stereocenters. The highest BCUT2D eigenvalue weighted by atomic mass is 16.8. The average Bonchev–Trinajstić information content (AvgIpc) is 0.663. The third-order valence-electron chi connectivity index (χ3n) is 23.1. The average molecular weight is 1290 g/mol. The number of hydrogen-bond acceptors (Lipinski definition) is 28. The molecule has 0 aromatic rings. The molecule has 4 saturated heterocycles. The van der Waals surface area contributed by atoms with Crippen molar-refractivity contribution in [1.29, 1.82) is 0 Å². The summed E-state index contributed by atoms with van der Waals surface area (Å²) < 4.78 is 65.8. The molecule has 0 aromatic carbocycles. The quantitative estimate of drug-likeness (QED) is 0.0330. The molecule has 3 unspecified atom stereocenters. The standard InChI is InChI=1S/C61H96O29/c1-12-59(10,90-25(3)65)54(79)89-47-48(82-24(2)64)61(23-63)27(19-55(47,4)5)26-13-14-32-57(8)17-16-33(56(6,7)31(57)15-18-58(32,9)60(26,11)45(75)46(61)76)84-53-44(88-52-38(72)36(70)35(69)30(20-62)83-52)42(39(73)43(87-53)49(77)78)86-51-40(74)41(29(67)22-81-51)85-50-37(71)34(68)28(66)21-80-50/h13,27-48,50-53,62-63,66-76H,12,14-23H2,1-11H3,(H,77,78)/t27-,28-,29-,30+,31?,32?,33-,34-,35+,36-,37+,38+,39-,40+,41-,42-,43-,44+,45-,46+,47-,48-,50-,51-,52-,53+,57-,58+,59?,60-,61-/m0/s1. The van der Waals surface area contributed by atoms with Gasteiger partial charge in [-0.1, -0.05) is 67.0 Å². The second-order valence-corrected chi connectivity index (χ2v) is 28.9. The zero-order valence-electron chi connectivity index (χ0n) is 52.8. The molecule has 9 aliphatic rings. The van der Waals surface area contributed by atoms with Crippen LogP contribution in [0.1, 0.15) is 121 Å². The molecule has 0 bridgehead atoms. The normalized spacial score (nSPS) is 49.6. The van der Waals surface area contributed by atoms with Gasteiger partial charge in [0.1, 0.15) is 85.5 Å². The zero-order valence-corrected chi connectivity index (χ0v) is 52.8. The molecule has 0 aromatic heterocycles. The van der Waals surface area contributed by atoms with Crippen molar-refractivity contribution in [1.82, 2.24) is 0 Å². The monoisotopic (exact) mass is 1290 g/mol. The third-order valence-corrected chi connectivity index (χ3v) is 23.1. The van der Waals surface area contributed by atoms with Crippen LogP contribution in [0.15, 0.2) is 11.6 Å². The number of carboxylic acid groups (broad SMARTS) is 1. The summed E-state index contributed by atoms with van der Waals surface area (Å²) in [6.45, 7) is 16.3. The summed E-state index contributed by atoms with van der Waals surface area (Å²) in [7, 11) is 0. The number of fused-ring (bicyclic) bond motifs is 7. The maximum Gasteiger partial charge on any atom is 0.350 e. The van der Waals surface area contributed by atoms with Crippen LogP contribution in [0.5, 0.6) is 0 Å². The van der Waals surface area contributed by atoms with Crippen LogP contribution in [-0.4, -0.2) is 269 Å². The van der Waals surface area contributed by atoms with E-state index < -0.39 is 235 Å². The van der Waals surface area contributed by atoms with Gasteiger partial charge < -0.3 is 124 Å². The molecule has 5 aliphatic carbocycles. The summed E-state index contributed by atoms with van der Waals surface area (Å²) in [6.07, 6.45) is -36.6. The van der Waals surface area contributed by atoms with E-state index in [4.69, 9.17) is 52.1 Å². The van der Waals surface area contributed by atoms with Crippen LogP contribution in [0, 0.1) is 50.2 Å². The van der Waals surface area contributed by atoms with Crippen LogP contribution in [0.2, 0.25) is 0 Å². The molecule has 29 nitrogen and oxygen atoms in total. The number of aliphatic carboxylic acids is 1. The van der Waals surface area contributed by atoms with E-state index >= 15 is 0 Å². The molecule has 4 heterocycles. The molecule has 514 valence electrons. The minimum Gasteiger partial charge on any atom is -0.479 e. The molecule has 0 spiro atoms. The van der Waals surface area contributed by atoms with E-state index in [2.05, 4.69) is 19.9 Å². The molecule has 8 fully saturated rings. The Morgan fingerprint density at radius 1 is 0.633 bits per heavy atom. The molecule has 29 heteroatoms. The summed E-state index contributed by atoms with van der Waals surface area (Å²) in [6, 6.07) is 0. The Hall–Kier alpha value is -3.22. The Bertz CT molecular complexity index is 2640. The van der Waals surface area contributed by atoms with E-state index in [0.717, 1.165) is 19.4 Å². The number of carboxylic acids is 1. The second kappa shape index (κ2) is 25.7. The van der Waals surface area contributed by atoms with Crippen molar-refractivity contribution in [2.24, 2.45) is 50.2 Å². The lowest BCUT2D eigenvalue weighted by molar-refractivity contribution is -0.396. The van der Waals surface area contributed by atoms with Gasteiger partial charge in [-0.2, -0.15) is 0 Å². The predicted molar refractivity (Wildman–Crippen MR) is 301 cm³/mol. The Morgan fingerprint density at radius 2 is 1.24 bits per heavy atom. The van der Waals surface area contributed by atoms with Gasteiger partial charge >= 0.3 is 23.9 Å². The Morgan fingerprint density at radius 3 is 1.84 bits per heavy atom. The molecule has 0 radical (unpaired) electrons. The molecule has 0 amide bonds. The number of carbonyl (C=O) groups excluding carboxylic acids is 3. The number of aliphatic hydroxyl groups is 13. The Kier molecular flexibility index (Phi) is 20.3. The first-order valence-corrected chi connectivity index (χ1v) is 31.3. The molecule has 4 aliphatic heterocycles. The minimum atomic E-state index is -2.23. The van der Waals surface area contributed by atoms with Gasteiger partial charge in [-0.15, -0.1) is 0 Å². The Labute approximate surface area is 521 Å². The summed E-state index contributed by atoms with van der Waals surface area (Å²) >= 11 is 0. The van der Waals surface area contributed by atoms with E-state index in [-0.39, 0.29) is 31.1 Å². The number of hydrogen-bond donors (Lipinski definition) is 14. The minimum absolute atomic E-state index is 0.0258. The third kappa shape index (κ3) is 11.6. The van der Waals surface area contributed by atoms with E-state index in [0.29, 0.717) is 25.7 Å². The topological polar surface area (TPSA) is 453 Å². The van der Waals surface area contributed by atoms with Gasteiger partial charge in [-0.25, -0.2) is 9.59 Å². The SMILES string of the molecule is CCC(C)(OC(C)=O)C(=O)O[C@H]1[C@H](OC(C)=O)[C@]2(CO)[C@H](O)[C@H](O)[C@]3(C)C(=CCC4[C@@]5(C)CC[C@H](O[C@@H]6O[C@H](C(=O)O)[C@@H](O)[C@H](O[C@@H]7OC[C@H](O)[C@H](O[C@@H]8OC[C@H](O)[C@H](O)[C@H]8O)[C@H]7O)[C@H]6O[C@@H]6O[C@H](CO)[C@@H](O)[C@H](O)[C@H]6O)C(C)(C)C5CC[C@]43C)[C@@H]2CC1(C)C. The highest BCUT2D eigenvalue weighted by Gasteiger charge is 2.77.